The highest BCUT2D eigenvalue weighted by atomic mass is 35.5. The van der Waals surface area contributed by atoms with Gasteiger partial charge in [-0.1, -0.05) is 87.8 Å². The number of nitrogen functional groups attached to an aromatic ring is 1. The van der Waals surface area contributed by atoms with Crippen LogP contribution in [0.3, 0.4) is 0 Å². The lowest BCUT2D eigenvalue weighted by atomic mass is 9.98. The van der Waals surface area contributed by atoms with E-state index in [0.29, 0.717) is 0 Å². The van der Waals surface area contributed by atoms with Crippen molar-refractivity contribution in [2.75, 3.05) is 18.8 Å². The van der Waals surface area contributed by atoms with Gasteiger partial charge in [0.2, 0.25) is 21.8 Å². The average Bonchev–Trinajstić information content (AvgIpc) is 3.33. The zero-order chi connectivity index (χ0) is 37.6. The van der Waals surface area contributed by atoms with Crippen LogP contribution in [0, 0.1) is 22.0 Å². The van der Waals surface area contributed by atoms with Gasteiger partial charge in [-0.2, -0.15) is 4.31 Å². The lowest BCUT2D eigenvalue weighted by molar-refractivity contribution is -0.385. The zero-order valence-corrected chi connectivity index (χ0v) is 30.3. The van der Waals surface area contributed by atoms with Gasteiger partial charge in [-0.25, -0.2) is 13.2 Å². The maximum atomic E-state index is 14.1. The minimum absolute atomic E-state index is 0.0459. The third-order valence-electron chi connectivity index (χ3n) is 8.35. The molecule has 1 heterocycles. The van der Waals surface area contributed by atoms with E-state index in [1.165, 1.54) is 36.4 Å². The van der Waals surface area contributed by atoms with Gasteiger partial charge in [0.25, 0.3) is 5.69 Å². The topological polar surface area (TPSA) is 203 Å². The van der Waals surface area contributed by atoms with E-state index in [0.717, 1.165) is 25.2 Å². The number of sulfonamides is 1. The molecule has 4 aromatic rings. The number of halogens is 1. The van der Waals surface area contributed by atoms with Gasteiger partial charge in [0, 0.05) is 24.7 Å². The number of carbonyl (C=O) groups excluding carboxylic acids is 1. The Kier molecular flexibility index (Phi) is 12.7. The van der Waals surface area contributed by atoms with Crippen molar-refractivity contribution < 1.29 is 28.3 Å². The Hall–Kier alpha value is -4.70. The summed E-state index contributed by atoms with van der Waals surface area (Å²) >= 11 is 6.04. The highest BCUT2D eigenvalue weighted by Crippen LogP contribution is 2.27. The first-order valence-electron chi connectivity index (χ1n) is 16.3. The molecule has 3 atom stereocenters. The summed E-state index contributed by atoms with van der Waals surface area (Å²) in [7, 11) is -4.18. The molecule has 0 unspecified atom stereocenters. The van der Waals surface area contributed by atoms with Gasteiger partial charge in [-0.05, 0) is 42.0 Å². The summed E-state index contributed by atoms with van der Waals surface area (Å²) in [6.45, 7) is 6.39. The second kappa shape index (κ2) is 16.5. The normalized spacial score (nSPS) is 13.7. The van der Waals surface area contributed by atoms with Gasteiger partial charge >= 0.3 is 5.69 Å². The maximum absolute atomic E-state index is 14.1. The molecule has 0 aliphatic heterocycles. The first-order valence-corrected chi connectivity index (χ1v) is 18.1. The number of hydrogen-bond donors (Lipinski definition) is 4. The lowest BCUT2D eigenvalue weighted by Gasteiger charge is -2.32. The van der Waals surface area contributed by atoms with E-state index in [1.54, 1.807) is 44.2 Å². The molecule has 0 spiro atoms. The predicted molar refractivity (Wildman–Crippen MR) is 194 cm³/mol. The number of amides is 1. The van der Waals surface area contributed by atoms with Crippen LogP contribution in [-0.2, 0) is 27.8 Å². The van der Waals surface area contributed by atoms with Crippen LogP contribution in [0.5, 0.6) is 5.88 Å². The van der Waals surface area contributed by atoms with E-state index in [1.807, 2.05) is 19.9 Å². The van der Waals surface area contributed by atoms with Crippen LogP contribution < -0.4 is 16.7 Å². The van der Waals surface area contributed by atoms with E-state index >= 15 is 0 Å². The summed E-state index contributed by atoms with van der Waals surface area (Å²) in [5.74, 6) is -1.81. The van der Waals surface area contributed by atoms with Crippen LogP contribution in [0.2, 0.25) is 5.02 Å². The molecule has 0 radical (unpaired) electrons. The molecular formula is C35H43ClN6O8S. The predicted octanol–water partition coefficient (Wildman–Crippen LogP) is 4.18. The van der Waals surface area contributed by atoms with E-state index in [9.17, 15) is 38.3 Å². The first kappa shape index (κ1) is 39.1. The van der Waals surface area contributed by atoms with Gasteiger partial charge in [-0.3, -0.25) is 24.0 Å². The molecule has 0 saturated carbocycles. The molecule has 0 saturated heterocycles. The fourth-order valence-electron chi connectivity index (χ4n) is 5.84. The molecule has 3 aromatic carbocycles. The van der Waals surface area contributed by atoms with Crippen molar-refractivity contribution >= 4 is 38.9 Å². The molecule has 0 aliphatic rings. The number of nitro benzene ring substituents is 1. The number of rotatable bonds is 16. The molecule has 0 bridgehead atoms. The zero-order valence-electron chi connectivity index (χ0n) is 28.7. The Bertz CT molecular complexity index is 2020. The number of aliphatic hydroxyl groups is 1. The number of nitro groups is 1. The number of carbonyl (C=O) groups is 1. The Morgan fingerprint density at radius 3 is 2.29 bits per heavy atom. The van der Waals surface area contributed by atoms with Crippen molar-refractivity contribution in [1.29, 1.82) is 0 Å². The first-order chi connectivity index (χ1) is 24.0. The average molecular weight is 743 g/mol. The summed E-state index contributed by atoms with van der Waals surface area (Å²) in [6.07, 6.45) is -0.215. The fraction of sp³-hybridized carbons (Fsp3) is 0.371. The number of nitrogens with one attached hydrogen (secondary N) is 1. The Morgan fingerprint density at radius 2 is 1.69 bits per heavy atom. The number of aromatic hydroxyl groups is 1. The highest BCUT2D eigenvalue weighted by Gasteiger charge is 2.35. The Morgan fingerprint density at radius 1 is 1.04 bits per heavy atom. The summed E-state index contributed by atoms with van der Waals surface area (Å²) < 4.78 is 30.8. The number of hydrogen-bond acceptors (Lipinski definition) is 9. The van der Waals surface area contributed by atoms with Gasteiger partial charge in [-0.15, -0.1) is 0 Å². The molecule has 51 heavy (non-hydrogen) atoms. The van der Waals surface area contributed by atoms with Crippen LogP contribution in [0.1, 0.15) is 44.9 Å². The second-order valence-corrected chi connectivity index (χ2v) is 15.5. The standard InChI is InChI=1S/C35H43ClN6O8S/c1-22(2)18-39(51(49,50)26-14-15-27(36)28(37)17-26)20-31(43)29(16-24-10-6-5-7-11-24)38-34(45)33(23(3)4)41-21-32(44)40(35(41)46)19-25-12-8-9-13-30(25)42(47)48/h5-15,17,21-23,29,31,33,43-44H,16,18-20,37H2,1-4H3,(H,38,45)/t29-,31+,33-/m0/s1. The van der Waals surface area contributed by atoms with Crippen molar-refractivity contribution in [2.45, 2.75) is 63.7 Å². The van der Waals surface area contributed by atoms with Crippen molar-refractivity contribution in [3.63, 3.8) is 0 Å². The summed E-state index contributed by atoms with van der Waals surface area (Å²) in [5.41, 5.74) is 5.89. The minimum Gasteiger partial charge on any atom is -0.493 e. The van der Waals surface area contributed by atoms with Crippen molar-refractivity contribution in [3.05, 3.63) is 116 Å². The second-order valence-electron chi connectivity index (χ2n) is 13.1. The van der Waals surface area contributed by atoms with E-state index < -0.39 is 56.5 Å². The number of anilines is 1. The van der Waals surface area contributed by atoms with E-state index in [2.05, 4.69) is 5.32 Å². The van der Waals surface area contributed by atoms with Crippen LogP contribution >= 0.6 is 11.6 Å². The van der Waals surface area contributed by atoms with Crippen molar-refractivity contribution in [2.24, 2.45) is 11.8 Å². The van der Waals surface area contributed by atoms with Gasteiger partial charge in [0.15, 0.2) is 0 Å². The molecule has 0 aliphatic carbocycles. The van der Waals surface area contributed by atoms with Crippen LogP contribution in [0.25, 0.3) is 0 Å². The summed E-state index contributed by atoms with van der Waals surface area (Å²) in [6, 6.07) is 16.6. The number of nitrogens with zero attached hydrogens (tertiary/aromatic N) is 4. The number of aliphatic hydroxyl groups excluding tert-OH is 1. The van der Waals surface area contributed by atoms with Gasteiger partial charge < -0.3 is 21.3 Å². The van der Waals surface area contributed by atoms with Crippen molar-refractivity contribution in [1.82, 2.24) is 18.8 Å². The SMILES string of the molecule is CC(C)CN(C[C@@H](O)[C@H](Cc1ccccc1)NC(=O)[C@H](C(C)C)n1cc(O)n(Cc2ccccc2[N+](=O)[O-])c1=O)S(=O)(=O)c1ccc(Cl)c(N)c1. The maximum Gasteiger partial charge on any atom is 0.332 e. The molecule has 0 fully saturated rings. The molecule has 14 nitrogen and oxygen atoms in total. The molecule has 274 valence electrons. The quantitative estimate of drug-likeness (QED) is 0.0738. The van der Waals surface area contributed by atoms with Gasteiger partial charge in [0.1, 0.15) is 6.04 Å². The number of para-hydroxylation sites is 1. The molecular weight excluding hydrogens is 700 g/mol. The Balaban J connectivity index is 1.67. The number of imidazole rings is 1. The molecule has 5 N–H and O–H groups in total. The molecule has 1 amide bonds. The lowest BCUT2D eigenvalue weighted by Crippen LogP contribution is -2.53. The molecule has 16 heteroatoms. The smallest absolute Gasteiger partial charge is 0.332 e. The largest absolute Gasteiger partial charge is 0.493 e. The monoisotopic (exact) mass is 742 g/mol. The summed E-state index contributed by atoms with van der Waals surface area (Å²) in [5, 5.41) is 37.1. The third-order valence-corrected chi connectivity index (χ3v) is 10.5. The third kappa shape index (κ3) is 9.35. The Labute approximate surface area is 301 Å². The van der Waals surface area contributed by atoms with Gasteiger partial charge in [0.05, 0.1) is 45.4 Å². The molecule has 4 rings (SSSR count). The fourth-order valence-corrected chi connectivity index (χ4v) is 7.62. The van der Waals surface area contributed by atoms with Crippen LogP contribution in [0.15, 0.2) is 88.7 Å². The van der Waals surface area contributed by atoms with Crippen LogP contribution in [0.4, 0.5) is 11.4 Å². The summed E-state index contributed by atoms with van der Waals surface area (Å²) in [4.78, 5) is 38.6. The van der Waals surface area contributed by atoms with E-state index in [4.69, 9.17) is 17.3 Å². The van der Waals surface area contributed by atoms with E-state index in [-0.39, 0.29) is 58.8 Å². The minimum atomic E-state index is -4.18. The molecule has 1 aromatic heterocycles. The number of aromatic nitrogens is 2. The highest BCUT2D eigenvalue weighted by molar-refractivity contribution is 7.89. The number of benzene rings is 3. The van der Waals surface area contributed by atoms with Crippen LogP contribution in [-0.4, -0.2) is 68.1 Å². The number of nitrogens with two attached hydrogens (primary N) is 1. The van der Waals surface area contributed by atoms with Crippen molar-refractivity contribution in [3.8, 4) is 5.88 Å².